The lowest BCUT2D eigenvalue weighted by molar-refractivity contribution is -0.137. The Morgan fingerprint density at radius 3 is 1.90 bits per heavy atom. The first-order valence-electron chi connectivity index (χ1n) is 2.51. The van der Waals surface area contributed by atoms with E-state index in [2.05, 4.69) is 0 Å². The average Bonchev–Trinajstić information content (AvgIpc) is 1.92. The Balaban J connectivity index is 4.31. The van der Waals surface area contributed by atoms with Crippen molar-refractivity contribution in [3.63, 3.8) is 0 Å². The number of hydrogen-bond donors (Lipinski definition) is 3. The Morgan fingerprint density at radius 2 is 1.90 bits per heavy atom. The van der Waals surface area contributed by atoms with Crippen molar-refractivity contribution in [1.29, 1.82) is 0 Å². The third-order valence-corrected chi connectivity index (χ3v) is 3.05. The maximum Gasteiger partial charge on any atom is 0.334 e. The Bertz CT molecular complexity index is 114. The lowest BCUT2D eigenvalue weighted by Crippen LogP contribution is -2.29. The van der Waals surface area contributed by atoms with E-state index in [1.165, 1.54) is 0 Å². The lowest BCUT2D eigenvalue weighted by atomic mass is 10.3. The molecule has 0 saturated heterocycles. The van der Waals surface area contributed by atoms with E-state index in [0.717, 1.165) is 0 Å². The Hall–Kier alpha value is 0.0900. The highest BCUT2D eigenvalue weighted by Crippen LogP contribution is 2.36. The van der Waals surface area contributed by atoms with Crippen molar-refractivity contribution in [3.8, 4) is 0 Å². The van der Waals surface area contributed by atoms with E-state index < -0.39 is 10.0 Å². The molecule has 60 valence electrons. The predicted octanol–water partition coefficient (Wildman–Crippen LogP) is 1.59. The SMILES string of the molecule is CCC(SO)(SO)C(=O)O. The molecule has 0 bridgehead atoms. The first-order chi connectivity index (χ1) is 4.63. The van der Waals surface area contributed by atoms with Crippen molar-refractivity contribution in [1.82, 2.24) is 0 Å². The first-order valence-corrected chi connectivity index (χ1v) is 4.06. The van der Waals surface area contributed by atoms with Gasteiger partial charge >= 0.3 is 5.97 Å². The third-order valence-electron chi connectivity index (χ3n) is 1.09. The van der Waals surface area contributed by atoms with Crippen LogP contribution in [-0.2, 0) is 4.79 Å². The molecular weight excluding hydrogens is 176 g/mol. The van der Waals surface area contributed by atoms with Gasteiger partial charge in [0.05, 0.1) is 0 Å². The van der Waals surface area contributed by atoms with Crippen LogP contribution in [-0.4, -0.2) is 24.3 Å². The average molecular weight is 184 g/mol. The second-order valence-electron chi connectivity index (χ2n) is 1.59. The summed E-state index contributed by atoms with van der Waals surface area (Å²) in [5.41, 5.74) is 0. The van der Waals surface area contributed by atoms with Gasteiger partial charge in [0.2, 0.25) is 4.08 Å². The summed E-state index contributed by atoms with van der Waals surface area (Å²) in [6.45, 7) is 1.57. The molecule has 0 radical (unpaired) electrons. The number of aliphatic carboxylic acids is 1. The van der Waals surface area contributed by atoms with Gasteiger partial charge in [-0.2, -0.15) is 0 Å². The number of hydrogen-bond acceptors (Lipinski definition) is 5. The lowest BCUT2D eigenvalue weighted by Gasteiger charge is -2.18. The molecule has 0 rings (SSSR count). The molecule has 0 amide bonds. The van der Waals surface area contributed by atoms with E-state index in [1.54, 1.807) is 6.92 Å². The van der Waals surface area contributed by atoms with Crippen LogP contribution in [0.4, 0.5) is 0 Å². The molecule has 0 aliphatic carbocycles. The second-order valence-corrected chi connectivity index (χ2v) is 3.61. The molecule has 0 spiro atoms. The van der Waals surface area contributed by atoms with Crippen molar-refractivity contribution in [2.45, 2.75) is 17.4 Å². The standard InChI is InChI=1S/C4H8O4S2/c1-2-4(9-7,10-8)3(5)6/h7-8H,2H2,1H3,(H,5,6). The molecule has 0 aliphatic heterocycles. The Labute approximate surface area is 67.0 Å². The van der Waals surface area contributed by atoms with Gasteiger partial charge in [0.1, 0.15) is 0 Å². The Morgan fingerprint density at radius 1 is 1.50 bits per heavy atom. The van der Waals surface area contributed by atoms with Gasteiger partial charge in [0.15, 0.2) is 0 Å². The van der Waals surface area contributed by atoms with E-state index in [-0.39, 0.29) is 30.5 Å². The molecule has 0 aromatic carbocycles. The van der Waals surface area contributed by atoms with Gasteiger partial charge in [-0.05, 0) is 6.42 Å². The highest BCUT2D eigenvalue weighted by atomic mass is 32.2. The van der Waals surface area contributed by atoms with Crippen LogP contribution in [0.15, 0.2) is 0 Å². The summed E-state index contributed by atoms with van der Waals surface area (Å²) >= 11 is 0.278. The van der Waals surface area contributed by atoms with Crippen LogP contribution in [0.5, 0.6) is 0 Å². The van der Waals surface area contributed by atoms with Gasteiger partial charge in [0.25, 0.3) is 0 Å². The molecule has 0 aromatic heterocycles. The topological polar surface area (TPSA) is 77.8 Å². The van der Waals surface area contributed by atoms with Gasteiger partial charge in [-0.1, -0.05) is 6.92 Å². The predicted molar refractivity (Wildman–Crippen MR) is 41.1 cm³/mol. The monoisotopic (exact) mass is 184 g/mol. The van der Waals surface area contributed by atoms with Crippen LogP contribution in [0, 0.1) is 0 Å². The van der Waals surface area contributed by atoms with Crippen molar-refractivity contribution in [2.75, 3.05) is 0 Å². The zero-order valence-corrected chi connectivity index (χ0v) is 6.91. The van der Waals surface area contributed by atoms with Crippen molar-refractivity contribution in [2.24, 2.45) is 0 Å². The highest BCUT2D eigenvalue weighted by molar-refractivity contribution is 8.14. The molecule has 0 aliphatic rings. The minimum Gasteiger partial charge on any atom is -0.479 e. The van der Waals surface area contributed by atoms with Crippen molar-refractivity contribution >= 4 is 30.1 Å². The minimum atomic E-state index is -1.51. The summed E-state index contributed by atoms with van der Waals surface area (Å²) in [6, 6.07) is 0. The van der Waals surface area contributed by atoms with E-state index in [1.807, 2.05) is 0 Å². The number of carboxylic acids is 1. The molecule has 0 fully saturated rings. The normalized spacial score (nSPS) is 11.5. The second kappa shape index (κ2) is 4.07. The van der Waals surface area contributed by atoms with E-state index >= 15 is 0 Å². The van der Waals surface area contributed by atoms with E-state index in [4.69, 9.17) is 14.2 Å². The highest BCUT2D eigenvalue weighted by Gasteiger charge is 2.38. The zero-order chi connectivity index (χ0) is 8.20. The van der Waals surface area contributed by atoms with E-state index in [9.17, 15) is 4.79 Å². The molecule has 3 N–H and O–H groups in total. The summed E-state index contributed by atoms with van der Waals surface area (Å²) in [7, 11) is 0. The quantitative estimate of drug-likeness (QED) is 0.455. The summed E-state index contributed by atoms with van der Waals surface area (Å²) in [5, 5.41) is 8.46. The first kappa shape index (κ1) is 10.1. The van der Waals surface area contributed by atoms with Crippen LogP contribution in [0.25, 0.3) is 0 Å². The van der Waals surface area contributed by atoms with Gasteiger partial charge in [0, 0.05) is 24.1 Å². The number of rotatable bonds is 4. The van der Waals surface area contributed by atoms with Crippen LogP contribution >= 0.6 is 24.1 Å². The summed E-state index contributed by atoms with van der Waals surface area (Å²) in [5.74, 6) is -1.23. The van der Waals surface area contributed by atoms with Gasteiger partial charge in [-0.15, -0.1) is 0 Å². The molecule has 0 saturated carbocycles. The molecule has 10 heavy (non-hydrogen) atoms. The summed E-state index contributed by atoms with van der Waals surface area (Å²) in [4.78, 5) is 10.4. The van der Waals surface area contributed by atoms with Crippen LogP contribution in [0.1, 0.15) is 13.3 Å². The molecule has 6 heteroatoms. The fourth-order valence-electron chi connectivity index (χ4n) is 0.375. The fourth-order valence-corrected chi connectivity index (χ4v) is 0.923. The molecule has 0 heterocycles. The van der Waals surface area contributed by atoms with Crippen LogP contribution < -0.4 is 0 Å². The van der Waals surface area contributed by atoms with Crippen molar-refractivity contribution < 1.29 is 19.0 Å². The van der Waals surface area contributed by atoms with Gasteiger partial charge in [-0.3, -0.25) is 0 Å². The number of carboxylic acid groups (broad SMARTS) is 1. The smallest absolute Gasteiger partial charge is 0.334 e. The third kappa shape index (κ3) is 1.79. The van der Waals surface area contributed by atoms with Crippen LogP contribution in [0.3, 0.4) is 0 Å². The molecule has 0 aromatic rings. The molecular formula is C4H8O4S2. The number of carbonyl (C=O) groups is 1. The summed E-state index contributed by atoms with van der Waals surface area (Å²) < 4.78 is 15.5. The fraction of sp³-hybridized carbons (Fsp3) is 0.750. The Kier molecular flexibility index (Phi) is 4.11. The largest absolute Gasteiger partial charge is 0.479 e. The van der Waals surface area contributed by atoms with E-state index in [0.29, 0.717) is 0 Å². The van der Waals surface area contributed by atoms with Gasteiger partial charge < -0.3 is 14.2 Å². The van der Waals surface area contributed by atoms with Crippen molar-refractivity contribution in [3.05, 3.63) is 0 Å². The molecule has 0 atom stereocenters. The summed E-state index contributed by atoms with van der Waals surface area (Å²) in [6.07, 6.45) is 0.157. The molecule has 4 nitrogen and oxygen atoms in total. The van der Waals surface area contributed by atoms with Crippen LogP contribution in [0.2, 0.25) is 0 Å². The minimum absolute atomic E-state index is 0.139. The van der Waals surface area contributed by atoms with Gasteiger partial charge in [-0.25, -0.2) is 4.79 Å². The molecule has 0 unspecified atom stereocenters. The zero-order valence-electron chi connectivity index (χ0n) is 5.27. The maximum absolute atomic E-state index is 10.4. The maximum atomic E-state index is 10.4.